The molecule has 2 aromatic carbocycles. The fraction of sp³-hybridized carbons (Fsp3) is 0.316. The summed E-state index contributed by atoms with van der Waals surface area (Å²) in [7, 11) is -3.21. The number of rotatable bonds is 2. The zero-order valence-electron chi connectivity index (χ0n) is 14.5. The minimum atomic E-state index is -3.21. The van der Waals surface area contributed by atoms with E-state index in [9.17, 15) is 13.2 Å². The smallest absolute Gasteiger partial charge is 0.288 e. The van der Waals surface area contributed by atoms with E-state index < -0.39 is 21.9 Å². The van der Waals surface area contributed by atoms with Crippen LogP contribution in [0.15, 0.2) is 42.5 Å². The molecule has 0 saturated carbocycles. The maximum Gasteiger partial charge on any atom is 0.329 e. The van der Waals surface area contributed by atoms with Crippen LogP contribution in [-0.4, -0.2) is 38.0 Å². The number of hydrogen-bond acceptors (Lipinski definition) is 3. The van der Waals surface area contributed by atoms with Gasteiger partial charge in [0.05, 0.1) is 23.6 Å². The predicted octanol–water partition coefficient (Wildman–Crippen LogP) is 3.57. The highest BCUT2D eigenvalue weighted by Crippen LogP contribution is 2.38. The lowest BCUT2D eigenvalue weighted by molar-refractivity contribution is 0.255. The van der Waals surface area contributed by atoms with E-state index in [4.69, 9.17) is 11.6 Å². The Kier molecular flexibility index (Phi) is 4.00. The van der Waals surface area contributed by atoms with Gasteiger partial charge in [-0.25, -0.2) is 13.2 Å². The SMILES string of the molecule is Cc1ccc(N2C(=O)N(c3ccc(C)c(Cl)c3)[C@H]3CS(=O)(=O)C[C@@H]32)cc1. The normalized spacial score (nSPS) is 24.2. The summed E-state index contributed by atoms with van der Waals surface area (Å²) in [4.78, 5) is 16.4. The number of carbonyl (C=O) groups is 1. The van der Waals surface area contributed by atoms with Crippen molar-refractivity contribution in [3.8, 4) is 0 Å². The van der Waals surface area contributed by atoms with Crippen LogP contribution in [0.2, 0.25) is 5.02 Å². The molecule has 0 aromatic heterocycles. The zero-order valence-corrected chi connectivity index (χ0v) is 16.1. The van der Waals surface area contributed by atoms with Crippen molar-refractivity contribution >= 4 is 38.8 Å². The number of fused-ring (bicyclic) bond motifs is 1. The van der Waals surface area contributed by atoms with Gasteiger partial charge < -0.3 is 0 Å². The Morgan fingerprint density at radius 1 is 0.923 bits per heavy atom. The fourth-order valence-electron chi connectivity index (χ4n) is 3.74. The third kappa shape index (κ3) is 2.77. The molecule has 2 atom stereocenters. The van der Waals surface area contributed by atoms with Crippen molar-refractivity contribution in [2.75, 3.05) is 21.3 Å². The average molecular weight is 391 g/mol. The average Bonchev–Trinajstić information content (AvgIpc) is 3.00. The quantitative estimate of drug-likeness (QED) is 0.736. The molecular weight excluding hydrogens is 372 g/mol. The maximum atomic E-state index is 13.2. The van der Waals surface area contributed by atoms with Crippen LogP contribution in [-0.2, 0) is 9.84 Å². The molecule has 136 valence electrons. The van der Waals surface area contributed by atoms with Gasteiger partial charge in [-0.3, -0.25) is 9.80 Å². The summed E-state index contributed by atoms with van der Waals surface area (Å²) < 4.78 is 24.6. The van der Waals surface area contributed by atoms with Gasteiger partial charge in [-0.05, 0) is 43.7 Å². The molecule has 2 saturated heterocycles. The van der Waals surface area contributed by atoms with E-state index in [2.05, 4.69) is 0 Å². The summed E-state index contributed by atoms with van der Waals surface area (Å²) in [5, 5.41) is 0.557. The van der Waals surface area contributed by atoms with Crippen LogP contribution in [0.4, 0.5) is 16.2 Å². The van der Waals surface area contributed by atoms with E-state index in [-0.39, 0.29) is 17.5 Å². The number of sulfone groups is 1. The first-order chi connectivity index (χ1) is 12.3. The number of carbonyl (C=O) groups excluding carboxylic acids is 1. The van der Waals surface area contributed by atoms with Crippen molar-refractivity contribution in [1.29, 1.82) is 0 Å². The molecule has 26 heavy (non-hydrogen) atoms. The van der Waals surface area contributed by atoms with Crippen molar-refractivity contribution in [3.05, 3.63) is 58.6 Å². The summed E-state index contributed by atoms with van der Waals surface area (Å²) in [6.07, 6.45) is 0. The van der Waals surface area contributed by atoms with E-state index in [1.807, 2.05) is 50.2 Å². The molecular formula is C19H19ClN2O3S. The number of amides is 2. The lowest BCUT2D eigenvalue weighted by Crippen LogP contribution is -2.37. The number of halogens is 1. The molecule has 0 unspecified atom stereocenters. The van der Waals surface area contributed by atoms with Gasteiger partial charge in [0.2, 0.25) is 0 Å². The van der Waals surface area contributed by atoms with Crippen molar-refractivity contribution in [2.24, 2.45) is 0 Å². The molecule has 2 aliphatic heterocycles. The first-order valence-corrected chi connectivity index (χ1v) is 10.6. The van der Waals surface area contributed by atoms with Gasteiger partial charge in [-0.15, -0.1) is 0 Å². The van der Waals surface area contributed by atoms with Gasteiger partial charge in [-0.1, -0.05) is 35.4 Å². The molecule has 4 rings (SSSR count). The molecule has 0 N–H and O–H groups in total. The second-order valence-corrected chi connectivity index (χ2v) is 9.56. The number of hydrogen-bond donors (Lipinski definition) is 0. The fourth-order valence-corrected chi connectivity index (χ4v) is 5.84. The van der Waals surface area contributed by atoms with Gasteiger partial charge in [0, 0.05) is 16.4 Å². The van der Waals surface area contributed by atoms with Crippen LogP contribution in [0.5, 0.6) is 0 Å². The van der Waals surface area contributed by atoms with Gasteiger partial charge in [0.1, 0.15) is 0 Å². The highest BCUT2D eigenvalue weighted by Gasteiger charge is 2.54. The Labute approximate surface area is 158 Å². The van der Waals surface area contributed by atoms with E-state index in [0.29, 0.717) is 16.4 Å². The first kappa shape index (κ1) is 17.4. The highest BCUT2D eigenvalue weighted by molar-refractivity contribution is 7.91. The van der Waals surface area contributed by atoms with Crippen molar-refractivity contribution in [2.45, 2.75) is 25.9 Å². The van der Waals surface area contributed by atoms with E-state index in [1.54, 1.807) is 15.9 Å². The van der Waals surface area contributed by atoms with Gasteiger partial charge in [-0.2, -0.15) is 0 Å². The summed E-state index contributed by atoms with van der Waals surface area (Å²) in [5.41, 5.74) is 3.34. The molecule has 0 aliphatic carbocycles. The number of anilines is 2. The Morgan fingerprint density at radius 3 is 2.04 bits per heavy atom. The molecule has 2 aromatic rings. The number of urea groups is 1. The molecule has 2 heterocycles. The van der Waals surface area contributed by atoms with Crippen LogP contribution in [0, 0.1) is 13.8 Å². The molecule has 2 fully saturated rings. The summed E-state index contributed by atoms with van der Waals surface area (Å²) in [6.45, 7) is 3.86. The molecule has 7 heteroatoms. The zero-order chi connectivity index (χ0) is 18.6. The third-order valence-corrected chi connectivity index (χ3v) is 7.22. The minimum absolute atomic E-state index is 0.0205. The topological polar surface area (TPSA) is 57.7 Å². The molecule has 2 amide bonds. The maximum absolute atomic E-state index is 13.2. The summed E-state index contributed by atoms with van der Waals surface area (Å²) in [5.74, 6) is -0.0510. The van der Waals surface area contributed by atoms with Gasteiger partial charge >= 0.3 is 6.03 Å². The predicted molar refractivity (Wildman–Crippen MR) is 104 cm³/mol. The Hall–Kier alpha value is -2.05. The Morgan fingerprint density at radius 2 is 1.46 bits per heavy atom. The lowest BCUT2D eigenvalue weighted by atomic mass is 10.1. The highest BCUT2D eigenvalue weighted by atomic mass is 35.5. The monoisotopic (exact) mass is 390 g/mol. The lowest BCUT2D eigenvalue weighted by Gasteiger charge is -2.23. The Balaban J connectivity index is 1.81. The van der Waals surface area contributed by atoms with Crippen molar-refractivity contribution in [3.63, 3.8) is 0 Å². The van der Waals surface area contributed by atoms with E-state index in [1.165, 1.54) is 0 Å². The van der Waals surface area contributed by atoms with Crippen molar-refractivity contribution < 1.29 is 13.2 Å². The van der Waals surface area contributed by atoms with Gasteiger partial charge in [0.15, 0.2) is 9.84 Å². The summed E-state index contributed by atoms with van der Waals surface area (Å²) in [6, 6.07) is 12.0. The number of benzene rings is 2. The second-order valence-electron chi connectivity index (χ2n) is 7.00. The molecule has 5 nitrogen and oxygen atoms in total. The van der Waals surface area contributed by atoms with Crippen LogP contribution >= 0.6 is 11.6 Å². The van der Waals surface area contributed by atoms with Crippen LogP contribution < -0.4 is 9.80 Å². The number of nitrogens with zero attached hydrogens (tertiary/aromatic N) is 2. The van der Waals surface area contributed by atoms with Gasteiger partial charge in [0.25, 0.3) is 0 Å². The molecule has 0 bridgehead atoms. The largest absolute Gasteiger partial charge is 0.329 e. The van der Waals surface area contributed by atoms with Crippen LogP contribution in [0.3, 0.4) is 0 Å². The van der Waals surface area contributed by atoms with Crippen LogP contribution in [0.25, 0.3) is 0 Å². The Bertz CT molecular complexity index is 988. The van der Waals surface area contributed by atoms with E-state index >= 15 is 0 Å². The van der Waals surface area contributed by atoms with Crippen LogP contribution in [0.1, 0.15) is 11.1 Å². The standard InChI is InChI=1S/C19H19ClN2O3S/c1-12-3-6-14(7-4-12)21-17-10-26(24,25)11-18(17)22(19(21)23)15-8-5-13(2)16(20)9-15/h3-9,17-18H,10-11H2,1-2H3/t17-,18-/m0/s1. The minimum Gasteiger partial charge on any atom is -0.288 e. The summed E-state index contributed by atoms with van der Waals surface area (Å²) >= 11 is 6.24. The molecule has 2 aliphatic rings. The number of aryl methyl sites for hydroxylation is 2. The second kappa shape index (κ2) is 5.99. The molecule has 0 spiro atoms. The third-order valence-electron chi connectivity index (χ3n) is 5.11. The first-order valence-electron chi connectivity index (χ1n) is 8.42. The van der Waals surface area contributed by atoms with Crippen molar-refractivity contribution in [1.82, 2.24) is 0 Å². The molecule has 0 radical (unpaired) electrons. The van der Waals surface area contributed by atoms with E-state index in [0.717, 1.165) is 11.1 Å².